The van der Waals surface area contributed by atoms with Gasteiger partial charge >= 0.3 is 5.97 Å². The van der Waals surface area contributed by atoms with Gasteiger partial charge < -0.3 is 15.1 Å². The standard InChI is InChI=1S/C16H21NO4/c1-3-9-17(10-11-18)16(21)14-6-4-5-13(12(14)2)7-8-15(19)20/h4-8,18H,3,9-11H2,1-2H3,(H,19,20). The average Bonchev–Trinajstić information content (AvgIpc) is 2.45. The van der Waals surface area contributed by atoms with Crippen LogP contribution in [0.15, 0.2) is 24.3 Å². The third-order valence-corrected chi connectivity index (χ3v) is 3.16. The highest BCUT2D eigenvalue weighted by Gasteiger charge is 2.17. The molecule has 0 radical (unpaired) electrons. The Morgan fingerprint density at radius 1 is 1.29 bits per heavy atom. The lowest BCUT2D eigenvalue weighted by molar-refractivity contribution is -0.131. The number of amides is 1. The van der Waals surface area contributed by atoms with Crippen LogP contribution < -0.4 is 0 Å². The van der Waals surface area contributed by atoms with E-state index in [1.807, 2.05) is 6.92 Å². The van der Waals surface area contributed by atoms with E-state index in [4.69, 9.17) is 10.2 Å². The number of nitrogens with zero attached hydrogens (tertiary/aromatic N) is 1. The SMILES string of the molecule is CCCN(CCO)C(=O)c1cccc(C=CC(=O)O)c1C. The molecule has 2 N–H and O–H groups in total. The Morgan fingerprint density at radius 2 is 2.00 bits per heavy atom. The zero-order valence-corrected chi connectivity index (χ0v) is 12.4. The van der Waals surface area contributed by atoms with Crippen LogP contribution in [0.4, 0.5) is 0 Å². The van der Waals surface area contributed by atoms with Gasteiger partial charge in [-0.2, -0.15) is 0 Å². The lowest BCUT2D eigenvalue weighted by Crippen LogP contribution is -2.34. The zero-order valence-electron chi connectivity index (χ0n) is 12.4. The summed E-state index contributed by atoms with van der Waals surface area (Å²) < 4.78 is 0. The molecule has 0 atom stereocenters. The molecule has 21 heavy (non-hydrogen) atoms. The maximum absolute atomic E-state index is 12.5. The molecule has 5 nitrogen and oxygen atoms in total. The Morgan fingerprint density at radius 3 is 2.57 bits per heavy atom. The van der Waals surface area contributed by atoms with Gasteiger partial charge in [-0.1, -0.05) is 19.1 Å². The van der Waals surface area contributed by atoms with Crippen molar-refractivity contribution in [3.63, 3.8) is 0 Å². The van der Waals surface area contributed by atoms with E-state index in [2.05, 4.69) is 0 Å². The molecular formula is C16H21NO4. The third kappa shape index (κ3) is 4.72. The van der Waals surface area contributed by atoms with Crippen molar-refractivity contribution in [3.8, 4) is 0 Å². The van der Waals surface area contributed by atoms with Crippen molar-refractivity contribution in [3.05, 3.63) is 41.0 Å². The summed E-state index contributed by atoms with van der Waals surface area (Å²) in [4.78, 5) is 24.7. The molecule has 0 aliphatic carbocycles. The molecule has 0 saturated carbocycles. The van der Waals surface area contributed by atoms with Gasteiger partial charge in [0.1, 0.15) is 0 Å². The summed E-state index contributed by atoms with van der Waals surface area (Å²) in [6.07, 6.45) is 3.34. The number of carboxylic acid groups (broad SMARTS) is 1. The largest absolute Gasteiger partial charge is 0.478 e. The van der Waals surface area contributed by atoms with Crippen LogP contribution in [0.5, 0.6) is 0 Å². The topological polar surface area (TPSA) is 77.8 Å². The molecule has 0 unspecified atom stereocenters. The molecule has 0 aromatic heterocycles. The van der Waals surface area contributed by atoms with Crippen LogP contribution >= 0.6 is 0 Å². The first-order chi connectivity index (χ1) is 10.0. The highest BCUT2D eigenvalue weighted by Crippen LogP contribution is 2.17. The monoisotopic (exact) mass is 291 g/mol. The fraction of sp³-hybridized carbons (Fsp3) is 0.375. The number of hydrogen-bond acceptors (Lipinski definition) is 3. The minimum atomic E-state index is -1.03. The van der Waals surface area contributed by atoms with E-state index < -0.39 is 5.97 Å². The van der Waals surface area contributed by atoms with E-state index >= 15 is 0 Å². The van der Waals surface area contributed by atoms with Crippen LogP contribution in [0.25, 0.3) is 6.08 Å². The fourth-order valence-corrected chi connectivity index (χ4v) is 2.10. The molecule has 0 aliphatic heterocycles. The summed E-state index contributed by atoms with van der Waals surface area (Å²) in [6.45, 7) is 4.55. The van der Waals surface area contributed by atoms with Crippen molar-refractivity contribution in [2.75, 3.05) is 19.7 Å². The van der Waals surface area contributed by atoms with Crippen LogP contribution in [0, 0.1) is 6.92 Å². The number of hydrogen-bond donors (Lipinski definition) is 2. The van der Waals surface area contributed by atoms with Crippen LogP contribution in [-0.4, -0.2) is 46.7 Å². The van der Waals surface area contributed by atoms with E-state index in [1.165, 1.54) is 6.08 Å². The van der Waals surface area contributed by atoms with E-state index in [9.17, 15) is 9.59 Å². The van der Waals surface area contributed by atoms with Gasteiger partial charge in [-0.3, -0.25) is 4.79 Å². The smallest absolute Gasteiger partial charge is 0.328 e. The Balaban J connectivity index is 3.09. The molecule has 0 heterocycles. The minimum absolute atomic E-state index is 0.0800. The molecular weight excluding hydrogens is 270 g/mol. The van der Waals surface area contributed by atoms with Crippen molar-refractivity contribution in [1.29, 1.82) is 0 Å². The molecule has 1 rings (SSSR count). The Bertz CT molecular complexity index is 531. The number of carboxylic acids is 1. The first-order valence-corrected chi connectivity index (χ1v) is 6.92. The van der Waals surface area contributed by atoms with Gasteiger partial charge in [-0.05, 0) is 36.6 Å². The summed E-state index contributed by atoms with van der Waals surface area (Å²) in [6, 6.07) is 5.21. The average molecular weight is 291 g/mol. The summed E-state index contributed by atoms with van der Waals surface area (Å²) in [7, 11) is 0. The first kappa shape index (κ1) is 16.9. The predicted molar refractivity (Wildman–Crippen MR) is 81.1 cm³/mol. The maximum Gasteiger partial charge on any atom is 0.328 e. The number of carbonyl (C=O) groups excluding carboxylic acids is 1. The van der Waals surface area contributed by atoms with Gasteiger partial charge in [-0.15, -0.1) is 0 Å². The van der Waals surface area contributed by atoms with Crippen molar-refractivity contribution < 1.29 is 19.8 Å². The van der Waals surface area contributed by atoms with Crippen molar-refractivity contribution in [2.45, 2.75) is 20.3 Å². The Hall–Kier alpha value is -2.14. The van der Waals surface area contributed by atoms with Gasteiger partial charge in [0.15, 0.2) is 0 Å². The van der Waals surface area contributed by atoms with Crippen LogP contribution in [0.1, 0.15) is 34.8 Å². The summed E-state index contributed by atoms with van der Waals surface area (Å²) >= 11 is 0. The molecule has 5 heteroatoms. The first-order valence-electron chi connectivity index (χ1n) is 6.92. The van der Waals surface area contributed by atoms with Crippen molar-refractivity contribution in [1.82, 2.24) is 4.90 Å². The molecule has 1 aromatic rings. The second kappa shape index (κ2) is 8.21. The van der Waals surface area contributed by atoms with Gasteiger partial charge in [0.05, 0.1) is 6.61 Å². The summed E-state index contributed by atoms with van der Waals surface area (Å²) in [5.41, 5.74) is 1.96. The fourth-order valence-electron chi connectivity index (χ4n) is 2.10. The van der Waals surface area contributed by atoms with Gasteiger partial charge in [-0.25, -0.2) is 4.79 Å². The molecule has 0 bridgehead atoms. The van der Waals surface area contributed by atoms with Crippen LogP contribution in [0.3, 0.4) is 0 Å². The molecule has 1 aromatic carbocycles. The second-order valence-electron chi connectivity index (χ2n) is 4.71. The van der Waals surface area contributed by atoms with Gasteiger partial charge in [0.25, 0.3) is 5.91 Å². The number of aliphatic hydroxyl groups excluding tert-OH is 1. The number of rotatable bonds is 7. The van der Waals surface area contributed by atoms with E-state index in [0.29, 0.717) is 24.2 Å². The van der Waals surface area contributed by atoms with Crippen LogP contribution in [0.2, 0.25) is 0 Å². The third-order valence-electron chi connectivity index (χ3n) is 3.16. The molecule has 0 aliphatic rings. The Labute approximate surface area is 124 Å². The zero-order chi connectivity index (χ0) is 15.8. The molecule has 1 amide bonds. The highest BCUT2D eigenvalue weighted by atomic mass is 16.4. The quantitative estimate of drug-likeness (QED) is 0.753. The molecule has 114 valence electrons. The number of carbonyl (C=O) groups is 2. The number of aliphatic hydroxyl groups is 1. The minimum Gasteiger partial charge on any atom is -0.478 e. The molecule has 0 fully saturated rings. The van der Waals surface area contributed by atoms with Crippen molar-refractivity contribution in [2.24, 2.45) is 0 Å². The lowest BCUT2D eigenvalue weighted by Gasteiger charge is -2.22. The summed E-state index contributed by atoms with van der Waals surface area (Å²) in [5, 5.41) is 17.7. The highest BCUT2D eigenvalue weighted by molar-refractivity contribution is 5.97. The van der Waals surface area contributed by atoms with E-state index in [-0.39, 0.29) is 12.5 Å². The number of aliphatic carboxylic acids is 1. The van der Waals surface area contributed by atoms with E-state index in [1.54, 1.807) is 30.0 Å². The van der Waals surface area contributed by atoms with Crippen LogP contribution in [-0.2, 0) is 4.79 Å². The van der Waals surface area contributed by atoms with Gasteiger partial charge in [0, 0.05) is 24.7 Å². The predicted octanol–water partition coefficient (Wildman–Crippen LogP) is 1.94. The van der Waals surface area contributed by atoms with Crippen molar-refractivity contribution >= 4 is 18.0 Å². The number of benzene rings is 1. The molecule has 0 saturated heterocycles. The lowest BCUT2D eigenvalue weighted by atomic mass is 10.0. The second-order valence-corrected chi connectivity index (χ2v) is 4.71. The van der Waals surface area contributed by atoms with Gasteiger partial charge in [0.2, 0.25) is 0 Å². The normalized spacial score (nSPS) is 10.8. The summed E-state index contributed by atoms with van der Waals surface area (Å²) in [5.74, 6) is -1.17. The molecule has 0 spiro atoms. The maximum atomic E-state index is 12.5. The Kier molecular flexibility index (Phi) is 6.62. The van der Waals surface area contributed by atoms with E-state index in [0.717, 1.165) is 18.1 Å².